The topological polar surface area (TPSA) is 105 Å². The summed E-state index contributed by atoms with van der Waals surface area (Å²) in [7, 11) is 1.54. The van der Waals surface area contributed by atoms with Crippen LogP contribution in [0.1, 0.15) is 37.6 Å². The van der Waals surface area contributed by atoms with Crippen LogP contribution in [0.25, 0.3) is 0 Å². The molecule has 0 unspecified atom stereocenters. The van der Waals surface area contributed by atoms with Crippen molar-refractivity contribution in [1.29, 1.82) is 0 Å². The number of carbonyl (C=O) groups is 3. The fourth-order valence-electron chi connectivity index (χ4n) is 2.66. The summed E-state index contributed by atoms with van der Waals surface area (Å²) in [5.74, 6) is -0.811. The average molecular weight is 364 g/mol. The van der Waals surface area contributed by atoms with Crippen LogP contribution in [0.2, 0.25) is 0 Å². The van der Waals surface area contributed by atoms with Gasteiger partial charge in [-0.3, -0.25) is 9.69 Å². The Kier molecular flexibility index (Phi) is 5.74. The van der Waals surface area contributed by atoms with Gasteiger partial charge >= 0.3 is 12.1 Å². The monoisotopic (exact) mass is 364 g/mol. The van der Waals surface area contributed by atoms with Crippen LogP contribution in [0.4, 0.5) is 4.79 Å². The predicted molar refractivity (Wildman–Crippen MR) is 93.2 cm³/mol. The van der Waals surface area contributed by atoms with Crippen LogP contribution in [0.5, 0.6) is 5.75 Å². The summed E-state index contributed by atoms with van der Waals surface area (Å²) in [5.41, 5.74) is -0.223. The fraction of sp³-hybridized carbons (Fsp3) is 0.500. The first-order valence-electron chi connectivity index (χ1n) is 8.32. The van der Waals surface area contributed by atoms with Gasteiger partial charge in [-0.2, -0.15) is 0 Å². The van der Waals surface area contributed by atoms with Crippen LogP contribution < -0.4 is 10.1 Å². The molecule has 2 rings (SSSR count). The Morgan fingerprint density at radius 2 is 1.81 bits per heavy atom. The summed E-state index contributed by atoms with van der Waals surface area (Å²) in [6, 6.07) is 5.50. The Balaban J connectivity index is 2.06. The minimum absolute atomic E-state index is 0.114. The average Bonchev–Trinajstić information content (AvgIpc) is 2.97. The van der Waals surface area contributed by atoms with Gasteiger partial charge in [0.05, 0.1) is 6.54 Å². The maximum Gasteiger partial charge on any atom is 0.411 e. The molecule has 0 aliphatic carbocycles. The van der Waals surface area contributed by atoms with E-state index in [0.717, 1.165) is 0 Å². The van der Waals surface area contributed by atoms with Gasteiger partial charge in [-0.05, 0) is 45.0 Å². The standard InChI is InChI=1S/C18H24N2O6/c1-18(2,3)26-17(24)20-10-13(9-14(20)16(22)23)25-12-7-5-11(6-8-12)15(21)19-4/h5-8,13-14H,9-10H2,1-4H3,(H,19,21)(H,22,23)/t13-,14-/m0/s1. The van der Waals surface area contributed by atoms with E-state index in [9.17, 15) is 19.5 Å². The molecule has 8 nitrogen and oxygen atoms in total. The van der Waals surface area contributed by atoms with Crippen molar-refractivity contribution >= 4 is 18.0 Å². The van der Waals surface area contributed by atoms with E-state index in [-0.39, 0.29) is 18.9 Å². The SMILES string of the molecule is CNC(=O)c1ccc(O[C@H]2C[C@@H](C(=O)O)N(C(=O)OC(C)(C)C)C2)cc1. The molecule has 1 aromatic rings. The summed E-state index contributed by atoms with van der Waals surface area (Å²) in [6.07, 6.45) is -0.994. The third kappa shape index (κ3) is 4.87. The minimum Gasteiger partial charge on any atom is -0.488 e. The van der Waals surface area contributed by atoms with Crippen molar-refractivity contribution in [2.24, 2.45) is 0 Å². The highest BCUT2D eigenvalue weighted by Crippen LogP contribution is 2.25. The van der Waals surface area contributed by atoms with Crippen LogP contribution in [-0.4, -0.2) is 59.3 Å². The first-order valence-corrected chi connectivity index (χ1v) is 8.32. The highest BCUT2D eigenvalue weighted by atomic mass is 16.6. The van der Waals surface area contributed by atoms with Gasteiger partial charge in [-0.1, -0.05) is 0 Å². The Morgan fingerprint density at radius 1 is 1.19 bits per heavy atom. The zero-order valence-electron chi connectivity index (χ0n) is 15.3. The highest BCUT2D eigenvalue weighted by Gasteiger charge is 2.42. The maximum absolute atomic E-state index is 12.3. The molecule has 1 fully saturated rings. The number of carboxylic acids is 1. The molecule has 26 heavy (non-hydrogen) atoms. The van der Waals surface area contributed by atoms with E-state index < -0.39 is 29.8 Å². The van der Waals surface area contributed by atoms with Crippen molar-refractivity contribution < 1.29 is 29.0 Å². The normalized spacial score (nSPS) is 19.8. The molecular formula is C18H24N2O6. The number of aliphatic carboxylic acids is 1. The van der Waals surface area contributed by atoms with Crippen LogP contribution in [0, 0.1) is 0 Å². The first-order chi connectivity index (χ1) is 12.1. The van der Waals surface area contributed by atoms with E-state index in [1.165, 1.54) is 4.90 Å². The van der Waals surface area contributed by atoms with Gasteiger partial charge in [0, 0.05) is 19.0 Å². The molecule has 142 valence electrons. The first kappa shape index (κ1) is 19.6. The number of nitrogens with zero attached hydrogens (tertiary/aromatic N) is 1. The summed E-state index contributed by atoms with van der Waals surface area (Å²) in [5, 5.41) is 11.9. The largest absolute Gasteiger partial charge is 0.488 e. The smallest absolute Gasteiger partial charge is 0.411 e. The second-order valence-electron chi connectivity index (χ2n) is 7.07. The van der Waals surface area contributed by atoms with E-state index >= 15 is 0 Å². The minimum atomic E-state index is -1.10. The van der Waals surface area contributed by atoms with Gasteiger partial charge in [0.1, 0.15) is 23.5 Å². The van der Waals surface area contributed by atoms with Crippen LogP contribution in [-0.2, 0) is 9.53 Å². The molecule has 1 heterocycles. The molecule has 8 heteroatoms. The lowest BCUT2D eigenvalue weighted by molar-refractivity contribution is -0.142. The van der Waals surface area contributed by atoms with Gasteiger partial charge in [0.25, 0.3) is 5.91 Å². The number of rotatable bonds is 4. The lowest BCUT2D eigenvalue weighted by atomic mass is 10.2. The van der Waals surface area contributed by atoms with E-state index in [2.05, 4.69) is 5.32 Å². The number of hydrogen-bond acceptors (Lipinski definition) is 5. The van der Waals surface area contributed by atoms with Crippen molar-refractivity contribution in [1.82, 2.24) is 10.2 Å². The van der Waals surface area contributed by atoms with Crippen molar-refractivity contribution in [3.63, 3.8) is 0 Å². The third-order valence-corrected chi connectivity index (χ3v) is 3.82. The molecule has 0 bridgehead atoms. The Hall–Kier alpha value is -2.77. The van der Waals surface area contributed by atoms with Crippen molar-refractivity contribution in [2.75, 3.05) is 13.6 Å². The number of amides is 2. The Labute approximate surface area is 152 Å². The molecule has 2 amide bonds. The summed E-state index contributed by atoms with van der Waals surface area (Å²) >= 11 is 0. The molecule has 1 aliphatic heterocycles. The number of nitrogens with one attached hydrogen (secondary N) is 1. The van der Waals surface area contributed by atoms with E-state index in [1.54, 1.807) is 52.1 Å². The predicted octanol–water partition coefficient (Wildman–Crippen LogP) is 1.89. The lowest BCUT2D eigenvalue weighted by Gasteiger charge is -2.26. The number of carbonyl (C=O) groups excluding carboxylic acids is 2. The van der Waals surface area contributed by atoms with Crippen LogP contribution in [0.15, 0.2) is 24.3 Å². The van der Waals surface area contributed by atoms with Gasteiger partial charge < -0.3 is 19.9 Å². The number of likely N-dealkylation sites (tertiary alicyclic amines) is 1. The summed E-state index contributed by atoms with van der Waals surface area (Å²) in [4.78, 5) is 36.5. The third-order valence-electron chi connectivity index (χ3n) is 3.82. The molecular weight excluding hydrogens is 340 g/mol. The van der Waals surface area contributed by atoms with Crippen molar-refractivity contribution in [2.45, 2.75) is 44.9 Å². The number of ether oxygens (including phenoxy) is 2. The zero-order valence-corrected chi connectivity index (χ0v) is 15.3. The van der Waals surface area contributed by atoms with Crippen LogP contribution >= 0.6 is 0 Å². The van der Waals surface area contributed by atoms with Crippen LogP contribution in [0.3, 0.4) is 0 Å². The number of benzene rings is 1. The molecule has 2 atom stereocenters. The molecule has 0 spiro atoms. The quantitative estimate of drug-likeness (QED) is 0.845. The fourth-order valence-corrected chi connectivity index (χ4v) is 2.66. The highest BCUT2D eigenvalue weighted by molar-refractivity contribution is 5.94. The van der Waals surface area contributed by atoms with E-state index in [0.29, 0.717) is 11.3 Å². The van der Waals surface area contributed by atoms with E-state index in [1.807, 2.05) is 0 Å². The maximum atomic E-state index is 12.3. The lowest BCUT2D eigenvalue weighted by Crippen LogP contribution is -2.43. The van der Waals surface area contributed by atoms with Crippen molar-refractivity contribution in [3.05, 3.63) is 29.8 Å². The summed E-state index contributed by atoms with van der Waals surface area (Å²) < 4.78 is 11.1. The van der Waals surface area contributed by atoms with Crippen molar-refractivity contribution in [3.8, 4) is 5.75 Å². The molecule has 0 radical (unpaired) electrons. The number of carboxylic acid groups (broad SMARTS) is 1. The summed E-state index contributed by atoms with van der Waals surface area (Å²) in [6.45, 7) is 5.28. The molecule has 2 N–H and O–H groups in total. The van der Waals surface area contributed by atoms with E-state index in [4.69, 9.17) is 9.47 Å². The molecule has 1 aliphatic rings. The van der Waals surface area contributed by atoms with Gasteiger partial charge in [0.15, 0.2) is 0 Å². The Morgan fingerprint density at radius 3 is 2.31 bits per heavy atom. The number of hydrogen-bond donors (Lipinski definition) is 2. The molecule has 0 saturated carbocycles. The second-order valence-corrected chi connectivity index (χ2v) is 7.07. The molecule has 1 aromatic carbocycles. The second kappa shape index (κ2) is 7.63. The van der Waals surface area contributed by atoms with Gasteiger partial charge in [-0.25, -0.2) is 9.59 Å². The molecule has 1 saturated heterocycles. The zero-order chi connectivity index (χ0) is 19.5. The molecule has 0 aromatic heterocycles. The van der Waals surface area contributed by atoms with Gasteiger partial charge in [-0.15, -0.1) is 0 Å². The van der Waals surface area contributed by atoms with Gasteiger partial charge in [0.2, 0.25) is 0 Å². The Bertz CT molecular complexity index is 680.